The van der Waals surface area contributed by atoms with Crippen LogP contribution in [0.5, 0.6) is 0 Å². The molecule has 4 nitrogen and oxygen atoms in total. The minimum Gasteiger partial charge on any atom is -0.398 e. The van der Waals surface area contributed by atoms with Crippen LogP contribution in [-0.2, 0) is 4.74 Å². The number of hydrazine groups is 1. The van der Waals surface area contributed by atoms with Crippen molar-refractivity contribution in [3.8, 4) is 0 Å². The third kappa shape index (κ3) is 3.04. The summed E-state index contributed by atoms with van der Waals surface area (Å²) in [5.74, 6) is 7.99. The lowest BCUT2D eigenvalue weighted by molar-refractivity contribution is -0.0854. The van der Waals surface area contributed by atoms with Gasteiger partial charge in [-0.1, -0.05) is 0 Å². The lowest BCUT2D eigenvalue weighted by Gasteiger charge is -2.41. The number of benzene rings is 1. The van der Waals surface area contributed by atoms with Crippen molar-refractivity contribution in [1.29, 1.82) is 0 Å². The lowest BCUT2D eigenvalue weighted by Crippen LogP contribution is -2.45. The standard InChI is InChI=1S/C15H22FN3OS/c16-11-1-2-13(17)12(7-11)14(19-18)10-3-5-20-15(8-10)4-6-21-9-15/h1-2,7,10,14,19H,3-6,8-9,17-18H2. The molecule has 2 aliphatic heterocycles. The van der Waals surface area contributed by atoms with Crippen molar-refractivity contribution in [2.24, 2.45) is 11.8 Å². The van der Waals surface area contributed by atoms with E-state index in [1.807, 2.05) is 11.8 Å². The SMILES string of the molecule is NNC(c1cc(F)ccc1N)C1CCOC2(CCSC2)C1. The molecule has 2 heterocycles. The molecule has 21 heavy (non-hydrogen) atoms. The van der Waals surface area contributed by atoms with Crippen molar-refractivity contribution in [2.45, 2.75) is 30.9 Å². The number of thioether (sulfide) groups is 1. The Morgan fingerprint density at radius 3 is 3.05 bits per heavy atom. The van der Waals surface area contributed by atoms with Crippen molar-refractivity contribution in [3.05, 3.63) is 29.6 Å². The van der Waals surface area contributed by atoms with Gasteiger partial charge in [0.05, 0.1) is 11.6 Å². The Kier molecular flexibility index (Phi) is 4.40. The normalized spacial score (nSPS) is 30.7. The molecule has 0 radical (unpaired) electrons. The minimum absolute atomic E-state index is 0.0230. The molecule has 6 heteroatoms. The summed E-state index contributed by atoms with van der Waals surface area (Å²) in [6.07, 6.45) is 2.95. The second-order valence-electron chi connectivity index (χ2n) is 6.00. The maximum atomic E-state index is 13.6. The van der Waals surface area contributed by atoms with Gasteiger partial charge in [0.2, 0.25) is 0 Å². The maximum Gasteiger partial charge on any atom is 0.123 e. The smallest absolute Gasteiger partial charge is 0.123 e. The van der Waals surface area contributed by atoms with Crippen molar-refractivity contribution >= 4 is 17.4 Å². The molecule has 0 aliphatic carbocycles. The number of anilines is 1. The molecular weight excluding hydrogens is 289 g/mol. The first kappa shape index (κ1) is 15.1. The van der Waals surface area contributed by atoms with Crippen LogP contribution in [0.3, 0.4) is 0 Å². The summed E-state index contributed by atoms with van der Waals surface area (Å²) in [5.41, 5.74) is 10.2. The quantitative estimate of drug-likeness (QED) is 0.453. The molecule has 2 aliphatic rings. The Morgan fingerprint density at radius 2 is 2.33 bits per heavy atom. The van der Waals surface area contributed by atoms with Gasteiger partial charge < -0.3 is 10.5 Å². The number of nitrogens with two attached hydrogens (primary N) is 2. The second kappa shape index (κ2) is 6.12. The van der Waals surface area contributed by atoms with E-state index in [1.165, 1.54) is 12.1 Å². The molecule has 5 N–H and O–H groups in total. The highest BCUT2D eigenvalue weighted by molar-refractivity contribution is 7.99. The van der Waals surface area contributed by atoms with Gasteiger partial charge in [0, 0.05) is 18.0 Å². The second-order valence-corrected chi connectivity index (χ2v) is 7.11. The van der Waals surface area contributed by atoms with Gasteiger partial charge in [0.1, 0.15) is 5.82 Å². The first-order valence-corrected chi connectivity index (χ1v) is 8.52. The van der Waals surface area contributed by atoms with Gasteiger partial charge in [0.15, 0.2) is 0 Å². The van der Waals surface area contributed by atoms with E-state index in [0.29, 0.717) is 11.6 Å². The Morgan fingerprint density at radius 1 is 1.48 bits per heavy atom. The molecule has 1 aromatic rings. The van der Waals surface area contributed by atoms with Crippen LogP contribution in [0.2, 0.25) is 0 Å². The average Bonchev–Trinajstić information content (AvgIpc) is 2.91. The zero-order valence-corrected chi connectivity index (χ0v) is 12.8. The third-order valence-electron chi connectivity index (χ3n) is 4.63. The summed E-state index contributed by atoms with van der Waals surface area (Å²) >= 11 is 1.94. The van der Waals surface area contributed by atoms with Crippen molar-refractivity contribution in [3.63, 3.8) is 0 Å². The van der Waals surface area contributed by atoms with Gasteiger partial charge in [-0.05, 0) is 54.7 Å². The molecule has 2 fully saturated rings. The minimum atomic E-state index is -0.280. The molecule has 3 atom stereocenters. The third-order valence-corrected chi connectivity index (χ3v) is 5.86. The number of hydrogen-bond acceptors (Lipinski definition) is 5. The molecule has 2 saturated heterocycles. The van der Waals surface area contributed by atoms with Crippen LogP contribution in [0.1, 0.15) is 30.9 Å². The largest absolute Gasteiger partial charge is 0.398 e. The molecule has 0 amide bonds. The first-order chi connectivity index (χ1) is 10.1. The number of nitrogen functional groups attached to an aromatic ring is 1. The summed E-state index contributed by atoms with van der Waals surface area (Å²) in [7, 11) is 0. The van der Waals surface area contributed by atoms with E-state index in [2.05, 4.69) is 5.43 Å². The van der Waals surface area contributed by atoms with Crippen LogP contribution >= 0.6 is 11.8 Å². The van der Waals surface area contributed by atoms with Crippen LogP contribution in [0.25, 0.3) is 0 Å². The predicted octanol–water partition coefficient (Wildman–Crippen LogP) is 2.21. The highest BCUT2D eigenvalue weighted by atomic mass is 32.2. The average molecular weight is 311 g/mol. The summed E-state index contributed by atoms with van der Waals surface area (Å²) in [6, 6.07) is 4.35. The molecule has 0 aromatic heterocycles. The molecule has 116 valence electrons. The van der Waals surface area contributed by atoms with Gasteiger partial charge >= 0.3 is 0 Å². The fourth-order valence-corrected chi connectivity index (χ4v) is 4.89. The molecule has 1 aromatic carbocycles. The lowest BCUT2D eigenvalue weighted by atomic mass is 9.79. The maximum absolute atomic E-state index is 13.6. The summed E-state index contributed by atoms with van der Waals surface area (Å²) in [5, 5.41) is 0. The van der Waals surface area contributed by atoms with E-state index in [9.17, 15) is 4.39 Å². The van der Waals surface area contributed by atoms with Crippen LogP contribution in [0.15, 0.2) is 18.2 Å². The monoisotopic (exact) mass is 311 g/mol. The van der Waals surface area contributed by atoms with Gasteiger partial charge in [-0.15, -0.1) is 0 Å². The topological polar surface area (TPSA) is 73.3 Å². The van der Waals surface area contributed by atoms with Crippen molar-refractivity contribution < 1.29 is 9.13 Å². The molecule has 0 saturated carbocycles. The Labute approximate surface area is 128 Å². The van der Waals surface area contributed by atoms with Crippen LogP contribution in [0, 0.1) is 11.7 Å². The Balaban J connectivity index is 1.84. The van der Waals surface area contributed by atoms with Crippen molar-refractivity contribution in [2.75, 3.05) is 23.8 Å². The number of ether oxygens (including phenoxy) is 1. The van der Waals surface area contributed by atoms with Gasteiger partial charge in [-0.25, -0.2) is 4.39 Å². The van der Waals surface area contributed by atoms with E-state index in [1.54, 1.807) is 6.07 Å². The molecular formula is C15H22FN3OS. The molecule has 3 unspecified atom stereocenters. The van der Waals surface area contributed by atoms with E-state index in [0.717, 1.165) is 42.9 Å². The Bertz CT molecular complexity index is 508. The predicted molar refractivity (Wildman–Crippen MR) is 84.2 cm³/mol. The fourth-order valence-electron chi connectivity index (χ4n) is 3.51. The fraction of sp³-hybridized carbons (Fsp3) is 0.600. The number of halogens is 1. The molecule has 1 spiro atoms. The van der Waals surface area contributed by atoms with E-state index in [4.69, 9.17) is 16.3 Å². The van der Waals surface area contributed by atoms with Gasteiger partial charge in [-0.2, -0.15) is 11.8 Å². The Hall–Kier alpha value is -0.820. The van der Waals surface area contributed by atoms with Gasteiger partial charge in [0.25, 0.3) is 0 Å². The van der Waals surface area contributed by atoms with Crippen LogP contribution < -0.4 is 17.0 Å². The van der Waals surface area contributed by atoms with E-state index < -0.39 is 0 Å². The van der Waals surface area contributed by atoms with Crippen LogP contribution in [0.4, 0.5) is 10.1 Å². The zero-order chi connectivity index (χ0) is 14.9. The number of nitrogens with one attached hydrogen (secondary N) is 1. The van der Waals surface area contributed by atoms with Gasteiger partial charge in [-0.3, -0.25) is 11.3 Å². The summed E-state index contributed by atoms with van der Waals surface area (Å²) < 4.78 is 19.6. The van der Waals surface area contributed by atoms with E-state index in [-0.39, 0.29) is 17.5 Å². The van der Waals surface area contributed by atoms with E-state index >= 15 is 0 Å². The highest BCUT2D eigenvalue weighted by Crippen LogP contribution is 2.44. The zero-order valence-electron chi connectivity index (χ0n) is 12.0. The van der Waals surface area contributed by atoms with Crippen LogP contribution in [-0.4, -0.2) is 23.7 Å². The number of rotatable bonds is 3. The first-order valence-electron chi connectivity index (χ1n) is 7.36. The highest BCUT2D eigenvalue weighted by Gasteiger charge is 2.42. The van der Waals surface area contributed by atoms with Crippen molar-refractivity contribution in [1.82, 2.24) is 5.43 Å². The molecule has 3 rings (SSSR count). The molecule has 0 bridgehead atoms. The summed E-state index contributed by atoms with van der Waals surface area (Å²) in [4.78, 5) is 0. The number of hydrogen-bond donors (Lipinski definition) is 3. The summed E-state index contributed by atoms with van der Waals surface area (Å²) in [6.45, 7) is 0.735.